The number of carbonyl (C=O) groups is 6. The number of benzene rings is 1. The van der Waals surface area contributed by atoms with Gasteiger partial charge in [-0.2, -0.15) is 0 Å². The lowest BCUT2D eigenvalue weighted by atomic mass is 10.0. The second-order valence-corrected chi connectivity index (χ2v) is 14.5. The number of nitrogens with one attached hydrogen (secondary N) is 2. The number of phenolic OH excluding ortho intramolecular Hbond substituents is 2. The van der Waals surface area contributed by atoms with Gasteiger partial charge in [0, 0.05) is 35.1 Å². The zero-order valence-electron chi connectivity index (χ0n) is 27.7. The average molecular weight is 812 g/mol. The molecule has 2 aromatic rings. The molecule has 2 atom stereocenters. The van der Waals surface area contributed by atoms with E-state index in [1.165, 1.54) is 23.2 Å². The molecule has 2 saturated heterocycles. The van der Waals surface area contributed by atoms with Gasteiger partial charge in [-0.15, -0.1) is 23.1 Å². The van der Waals surface area contributed by atoms with E-state index in [1.807, 2.05) is 0 Å². The number of thioether (sulfide) groups is 1. The van der Waals surface area contributed by atoms with Gasteiger partial charge in [0.15, 0.2) is 28.1 Å². The molecule has 3 amide bonds. The summed E-state index contributed by atoms with van der Waals surface area (Å²) < 4.78 is 0.358. The maximum absolute atomic E-state index is 13.5. The molecule has 288 valence electrons. The first-order valence-corrected chi connectivity index (χ1v) is 18.1. The third-order valence-electron chi connectivity index (χ3n) is 8.79. The molecule has 3 aliphatic heterocycles. The van der Waals surface area contributed by atoms with Gasteiger partial charge in [-0.1, -0.05) is 21.9 Å². The van der Waals surface area contributed by atoms with Crippen LogP contribution in [-0.2, 0) is 33.6 Å². The minimum Gasteiger partial charge on any atom is -0.504 e. The van der Waals surface area contributed by atoms with Crippen LogP contribution in [0.4, 0.5) is 5.13 Å². The van der Waals surface area contributed by atoms with Crippen molar-refractivity contribution in [2.45, 2.75) is 30.4 Å². The molecule has 0 spiro atoms. The Morgan fingerprint density at radius 1 is 1.09 bits per heavy atom. The molecular formula is C30H32ClN8O13S2+. The number of aromatic hydroxyl groups is 2. The average Bonchev–Trinajstić information content (AvgIpc) is 3.77. The molecule has 10 N–H and O–H groups in total. The molecule has 2 fully saturated rings. The van der Waals surface area contributed by atoms with Crippen LogP contribution in [0.5, 0.6) is 11.5 Å². The number of halogens is 1. The second kappa shape index (κ2) is 16.2. The normalized spacial score (nSPS) is 19.6. The number of β-lactam (4-membered cyclic amide) rings is 1. The molecule has 0 unspecified atom stereocenters. The highest BCUT2D eigenvalue weighted by molar-refractivity contribution is 8.00. The Hall–Kier alpha value is -5.65. The highest BCUT2D eigenvalue weighted by atomic mass is 35.5. The molecular weight excluding hydrogens is 780 g/mol. The number of likely N-dealkylation sites (tertiary alicyclic amines) is 1. The summed E-state index contributed by atoms with van der Waals surface area (Å²) in [6.07, 6.45) is -0.857. The number of amides is 3. The number of fused-ring (bicyclic) bond motifs is 1. The van der Waals surface area contributed by atoms with Crippen LogP contribution < -0.4 is 16.4 Å². The summed E-state index contributed by atoms with van der Waals surface area (Å²) in [5.74, 6) is -8.95. The maximum atomic E-state index is 13.5. The van der Waals surface area contributed by atoms with Gasteiger partial charge in [0.25, 0.3) is 17.7 Å². The Morgan fingerprint density at radius 2 is 1.78 bits per heavy atom. The van der Waals surface area contributed by atoms with Crippen LogP contribution in [0.1, 0.15) is 24.1 Å². The number of quaternary nitrogens is 1. The first-order valence-electron chi connectivity index (χ1n) is 15.8. The number of hydrogen-bond donors (Lipinski definition) is 9. The molecule has 0 saturated carbocycles. The molecule has 0 bridgehead atoms. The lowest BCUT2D eigenvalue weighted by molar-refractivity contribution is -0.911. The molecule has 1 aromatic carbocycles. The van der Waals surface area contributed by atoms with E-state index in [-0.39, 0.29) is 40.9 Å². The number of oxime groups is 2. The van der Waals surface area contributed by atoms with E-state index >= 15 is 0 Å². The second-order valence-electron chi connectivity index (χ2n) is 12.2. The number of phenols is 2. The lowest BCUT2D eigenvalue weighted by Gasteiger charge is -2.50. The number of carboxylic acid groups (broad SMARTS) is 3. The van der Waals surface area contributed by atoms with Crippen molar-refractivity contribution >= 4 is 86.9 Å². The SMILES string of the molecule is Nc1nc(/C(=N/OC(C(=O)O)C(=O)O)C(=O)N[C@@H]2C(=O)N3C(C(=O)O)=C(C[N+]4(CCNC(=O)/C(=N/O)c5ccc(O)c(O)c5Cl)CCCC4)CS[C@H]23)cs1. The summed E-state index contributed by atoms with van der Waals surface area (Å²) in [6.45, 7) is 1.85. The Labute approximate surface area is 316 Å². The smallest absolute Gasteiger partial charge is 0.359 e. The predicted molar refractivity (Wildman–Crippen MR) is 188 cm³/mol. The molecule has 1 aromatic heterocycles. The van der Waals surface area contributed by atoms with Gasteiger partial charge in [-0.25, -0.2) is 19.4 Å². The van der Waals surface area contributed by atoms with Crippen LogP contribution in [0.3, 0.4) is 0 Å². The fraction of sp³-hybridized carbons (Fsp3) is 0.367. The van der Waals surface area contributed by atoms with E-state index in [0.29, 0.717) is 29.7 Å². The third-order valence-corrected chi connectivity index (χ3v) is 11.2. The summed E-state index contributed by atoms with van der Waals surface area (Å²) >= 11 is 8.11. The molecule has 24 heteroatoms. The van der Waals surface area contributed by atoms with Crippen LogP contribution in [-0.4, -0.2) is 148 Å². The Bertz CT molecular complexity index is 1980. The molecule has 0 aliphatic carbocycles. The van der Waals surface area contributed by atoms with Crippen molar-refractivity contribution in [2.75, 3.05) is 44.2 Å². The van der Waals surface area contributed by atoms with Gasteiger partial charge >= 0.3 is 24.0 Å². The number of rotatable bonds is 15. The zero-order chi connectivity index (χ0) is 39.5. The fourth-order valence-corrected chi connectivity index (χ4v) is 8.37. The van der Waals surface area contributed by atoms with Crippen molar-refractivity contribution in [3.05, 3.63) is 45.1 Å². The number of anilines is 1. The van der Waals surface area contributed by atoms with Crippen molar-refractivity contribution in [3.63, 3.8) is 0 Å². The zero-order valence-corrected chi connectivity index (χ0v) is 30.1. The van der Waals surface area contributed by atoms with Gasteiger partial charge < -0.3 is 56.4 Å². The van der Waals surface area contributed by atoms with E-state index in [9.17, 15) is 49.3 Å². The quantitative estimate of drug-likeness (QED) is 0.0206. The number of nitrogens with two attached hydrogens (primary N) is 1. The summed E-state index contributed by atoms with van der Waals surface area (Å²) in [7, 11) is 0. The number of carbonyl (C=O) groups excluding carboxylic acids is 3. The monoisotopic (exact) mass is 811 g/mol. The van der Waals surface area contributed by atoms with Crippen LogP contribution in [0, 0.1) is 0 Å². The number of hydrogen-bond acceptors (Lipinski definition) is 16. The molecule has 54 heavy (non-hydrogen) atoms. The Balaban J connectivity index is 1.29. The minimum atomic E-state index is -2.47. The Kier molecular flexibility index (Phi) is 11.8. The minimum absolute atomic E-state index is 0.0132. The third kappa shape index (κ3) is 7.97. The number of aromatic nitrogens is 1. The van der Waals surface area contributed by atoms with Crippen LogP contribution in [0.2, 0.25) is 5.02 Å². The van der Waals surface area contributed by atoms with Crippen LogP contribution >= 0.6 is 34.7 Å². The van der Waals surface area contributed by atoms with Gasteiger partial charge in [-0.3, -0.25) is 19.3 Å². The standard InChI is InChI=1S/C30H31ClN8O13S2/c31-16-13(3-4-15(40)21(16)41)17(36-51)23(42)33-5-8-39(6-1-2-7-39)9-12-10-53-26-19(25(44)38(26)20(12)27(45)46)35-24(43)18(14-11-54-30(32)34-14)37-52-22(28(47)48)29(49)50/h3-4,11,19,22,26H,1-2,5-10H2,(H9-,32,33,34,35,36,37,40,41,42,43,45,46,47,48,49,50,51)/p+1/t19-,26-/m1/s1. The van der Waals surface area contributed by atoms with E-state index < -0.39 is 81.1 Å². The van der Waals surface area contributed by atoms with Gasteiger partial charge in [0.05, 0.1) is 31.2 Å². The number of nitrogens with zero attached hydrogens (tertiary/aromatic N) is 5. The number of carboxylic acids is 3. The molecule has 5 rings (SSSR count). The van der Waals surface area contributed by atoms with Crippen LogP contribution in [0.15, 0.2) is 39.1 Å². The summed E-state index contributed by atoms with van der Waals surface area (Å²) in [5.41, 5.74) is 4.32. The number of aliphatic carboxylic acids is 3. The van der Waals surface area contributed by atoms with E-state index in [4.69, 9.17) is 27.5 Å². The van der Waals surface area contributed by atoms with Gasteiger partial charge in [-0.05, 0) is 12.1 Å². The first kappa shape index (κ1) is 39.6. The highest BCUT2D eigenvalue weighted by Gasteiger charge is 2.55. The highest BCUT2D eigenvalue weighted by Crippen LogP contribution is 2.41. The topological polar surface area (TPSA) is 324 Å². The van der Waals surface area contributed by atoms with E-state index in [1.54, 1.807) is 0 Å². The summed E-state index contributed by atoms with van der Waals surface area (Å²) in [4.78, 5) is 84.5. The lowest BCUT2D eigenvalue weighted by Crippen LogP contribution is -2.71. The summed E-state index contributed by atoms with van der Waals surface area (Å²) in [5, 5.41) is 69.1. The number of thiazole rings is 1. The van der Waals surface area contributed by atoms with Crippen molar-refractivity contribution in [1.82, 2.24) is 20.5 Å². The van der Waals surface area contributed by atoms with Crippen molar-refractivity contribution in [2.24, 2.45) is 10.3 Å². The summed E-state index contributed by atoms with van der Waals surface area (Å²) in [6, 6.07) is 1.01. The van der Waals surface area contributed by atoms with E-state index in [2.05, 4.69) is 30.8 Å². The van der Waals surface area contributed by atoms with Gasteiger partial charge in [0.2, 0.25) is 0 Å². The van der Waals surface area contributed by atoms with Crippen LogP contribution in [0.25, 0.3) is 0 Å². The maximum Gasteiger partial charge on any atom is 0.359 e. The molecule has 0 radical (unpaired) electrons. The Morgan fingerprint density at radius 3 is 2.37 bits per heavy atom. The predicted octanol–water partition coefficient (Wildman–Crippen LogP) is -0.608. The molecule has 21 nitrogen and oxygen atoms in total. The fourth-order valence-electron chi connectivity index (χ4n) is 6.24. The van der Waals surface area contributed by atoms with Gasteiger partial charge in [0.1, 0.15) is 29.4 Å². The molecule has 4 heterocycles. The first-order chi connectivity index (χ1) is 25.6. The van der Waals surface area contributed by atoms with E-state index in [0.717, 1.165) is 35.1 Å². The van der Waals surface area contributed by atoms with Crippen molar-refractivity contribution in [3.8, 4) is 11.5 Å². The van der Waals surface area contributed by atoms with Crippen molar-refractivity contribution in [1.29, 1.82) is 0 Å². The number of nitrogen functional groups attached to an aromatic ring is 1. The largest absolute Gasteiger partial charge is 0.504 e. The van der Waals surface area contributed by atoms with Crippen molar-refractivity contribution < 1.29 is 68.8 Å². The molecule has 3 aliphatic rings.